The Morgan fingerprint density at radius 2 is 1.91 bits per heavy atom. The molecular formula is C27H27NO5. The highest BCUT2D eigenvalue weighted by atomic mass is 16.5. The van der Waals surface area contributed by atoms with Crippen molar-refractivity contribution < 1.29 is 23.8 Å². The second-order valence-electron chi connectivity index (χ2n) is 8.79. The maximum absolute atomic E-state index is 12.4. The van der Waals surface area contributed by atoms with Crippen LogP contribution in [0.5, 0.6) is 5.75 Å². The number of rotatable bonds is 5. The summed E-state index contributed by atoms with van der Waals surface area (Å²) in [7, 11) is 0. The number of carbonyl (C=O) groups is 1. The van der Waals surface area contributed by atoms with Gasteiger partial charge in [0.05, 0.1) is 22.6 Å². The zero-order chi connectivity index (χ0) is 23.1. The fraction of sp³-hybridized carbons (Fsp3) is 0.333. The molecule has 0 saturated carbocycles. The van der Waals surface area contributed by atoms with E-state index in [0.29, 0.717) is 34.0 Å². The molecule has 1 N–H and O–H groups in total. The minimum Gasteiger partial charge on any atom is -0.490 e. The topological polar surface area (TPSA) is 81.8 Å². The van der Waals surface area contributed by atoms with Gasteiger partial charge in [-0.15, -0.1) is 0 Å². The number of aromatic nitrogens is 1. The fourth-order valence-electron chi connectivity index (χ4n) is 4.73. The van der Waals surface area contributed by atoms with Crippen LogP contribution in [0.25, 0.3) is 33.3 Å². The van der Waals surface area contributed by atoms with Crippen molar-refractivity contribution >= 4 is 27.8 Å². The number of para-hydroxylation sites is 1. The largest absolute Gasteiger partial charge is 0.490 e. The van der Waals surface area contributed by atoms with Crippen LogP contribution in [-0.2, 0) is 4.74 Å². The number of carboxylic acid groups (broad SMARTS) is 1. The SMILES string of the molecule is Cc1c(-c2cc(C(=O)O)c3c(O[C@H](C)C4CCOCC4)ccc(C)c3n2)oc2ccccc12. The molecule has 6 heteroatoms. The predicted molar refractivity (Wildman–Crippen MR) is 127 cm³/mol. The molecular weight excluding hydrogens is 418 g/mol. The fourth-order valence-corrected chi connectivity index (χ4v) is 4.73. The Bertz CT molecular complexity index is 1350. The average molecular weight is 446 g/mol. The number of aryl methyl sites for hydroxylation is 2. The Morgan fingerprint density at radius 3 is 2.64 bits per heavy atom. The Labute approximate surface area is 192 Å². The summed E-state index contributed by atoms with van der Waals surface area (Å²) in [5.41, 5.74) is 3.85. The molecule has 2 aromatic carbocycles. The van der Waals surface area contributed by atoms with Crippen LogP contribution in [-0.4, -0.2) is 35.4 Å². The van der Waals surface area contributed by atoms with Gasteiger partial charge in [0.15, 0.2) is 5.76 Å². The third-order valence-corrected chi connectivity index (χ3v) is 6.67. The molecule has 1 aliphatic rings. The lowest BCUT2D eigenvalue weighted by Crippen LogP contribution is -2.29. The summed E-state index contributed by atoms with van der Waals surface area (Å²) in [5.74, 6) is 0.481. The van der Waals surface area contributed by atoms with E-state index in [1.807, 2.05) is 57.2 Å². The van der Waals surface area contributed by atoms with Crippen LogP contribution >= 0.6 is 0 Å². The van der Waals surface area contributed by atoms with Gasteiger partial charge in [-0.3, -0.25) is 0 Å². The molecule has 1 fully saturated rings. The highest BCUT2D eigenvalue weighted by Crippen LogP contribution is 2.38. The number of aromatic carboxylic acids is 1. The first-order chi connectivity index (χ1) is 15.9. The molecule has 0 aliphatic carbocycles. The van der Waals surface area contributed by atoms with Gasteiger partial charge in [0, 0.05) is 24.2 Å². The number of benzene rings is 2. The van der Waals surface area contributed by atoms with Crippen molar-refractivity contribution in [3.05, 3.63) is 59.2 Å². The maximum Gasteiger partial charge on any atom is 0.336 e. The second-order valence-corrected chi connectivity index (χ2v) is 8.79. The van der Waals surface area contributed by atoms with Gasteiger partial charge >= 0.3 is 5.97 Å². The van der Waals surface area contributed by atoms with Crippen molar-refractivity contribution in [1.82, 2.24) is 4.98 Å². The lowest BCUT2D eigenvalue weighted by Gasteiger charge is -2.28. The number of fused-ring (bicyclic) bond motifs is 2. The third kappa shape index (κ3) is 3.85. The van der Waals surface area contributed by atoms with E-state index in [-0.39, 0.29) is 11.7 Å². The van der Waals surface area contributed by atoms with Crippen molar-refractivity contribution in [3.8, 4) is 17.2 Å². The first-order valence-electron chi connectivity index (χ1n) is 11.3. The first-order valence-corrected chi connectivity index (χ1v) is 11.3. The van der Waals surface area contributed by atoms with Crippen LogP contribution in [0.15, 0.2) is 46.9 Å². The van der Waals surface area contributed by atoms with Crippen LogP contribution in [0.1, 0.15) is 41.3 Å². The third-order valence-electron chi connectivity index (χ3n) is 6.67. The molecule has 1 saturated heterocycles. The molecule has 3 heterocycles. The molecule has 1 atom stereocenters. The molecule has 0 unspecified atom stereocenters. The molecule has 0 amide bonds. The lowest BCUT2D eigenvalue weighted by molar-refractivity contribution is 0.0243. The molecule has 0 bridgehead atoms. The van der Waals surface area contributed by atoms with E-state index in [1.165, 1.54) is 0 Å². The molecule has 33 heavy (non-hydrogen) atoms. The maximum atomic E-state index is 12.4. The van der Waals surface area contributed by atoms with E-state index < -0.39 is 5.97 Å². The van der Waals surface area contributed by atoms with Crippen molar-refractivity contribution in [3.63, 3.8) is 0 Å². The smallest absolute Gasteiger partial charge is 0.336 e. The zero-order valence-corrected chi connectivity index (χ0v) is 19.1. The van der Waals surface area contributed by atoms with Gasteiger partial charge < -0.3 is 19.0 Å². The number of carboxylic acids is 1. The van der Waals surface area contributed by atoms with E-state index in [9.17, 15) is 9.90 Å². The number of ether oxygens (including phenoxy) is 2. The Balaban J connectivity index is 1.65. The summed E-state index contributed by atoms with van der Waals surface area (Å²) in [4.78, 5) is 17.2. The normalized spacial score (nSPS) is 15.7. The number of pyridine rings is 1. The molecule has 0 spiro atoms. The molecule has 5 rings (SSSR count). The van der Waals surface area contributed by atoms with Crippen molar-refractivity contribution in [2.75, 3.05) is 13.2 Å². The van der Waals surface area contributed by atoms with Gasteiger partial charge in [-0.2, -0.15) is 0 Å². The van der Waals surface area contributed by atoms with E-state index in [1.54, 1.807) is 6.07 Å². The van der Waals surface area contributed by atoms with E-state index in [4.69, 9.17) is 18.9 Å². The van der Waals surface area contributed by atoms with Crippen LogP contribution in [0.3, 0.4) is 0 Å². The van der Waals surface area contributed by atoms with E-state index >= 15 is 0 Å². The molecule has 6 nitrogen and oxygen atoms in total. The number of nitrogens with zero attached hydrogens (tertiary/aromatic N) is 1. The van der Waals surface area contributed by atoms with Gasteiger partial charge in [-0.05, 0) is 63.3 Å². The highest BCUT2D eigenvalue weighted by Gasteiger charge is 2.25. The van der Waals surface area contributed by atoms with Crippen LogP contribution < -0.4 is 4.74 Å². The summed E-state index contributed by atoms with van der Waals surface area (Å²) in [6, 6.07) is 13.2. The van der Waals surface area contributed by atoms with Gasteiger partial charge in [0.25, 0.3) is 0 Å². The van der Waals surface area contributed by atoms with Gasteiger partial charge in [-0.25, -0.2) is 9.78 Å². The summed E-state index contributed by atoms with van der Waals surface area (Å²) in [6.07, 6.45) is 1.81. The number of hydrogen-bond acceptors (Lipinski definition) is 5. The molecule has 0 radical (unpaired) electrons. The van der Waals surface area contributed by atoms with Crippen LogP contribution in [0.4, 0.5) is 0 Å². The predicted octanol–water partition coefficient (Wildman–Crippen LogP) is 6.16. The van der Waals surface area contributed by atoms with Gasteiger partial charge in [-0.1, -0.05) is 24.3 Å². The highest BCUT2D eigenvalue weighted by molar-refractivity contribution is 6.07. The monoisotopic (exact) mass is 445 g/mol. The van der Waals surface area contributed by atoms with Crippen LogP contribution in [0.2, 0.25) is 0 Å². The summed E-state index contributed by atoms with van der Waals surface area (Å²) < 4.78 is 17.9. The standard InChI is InChI=1S/C27H27NO5/c1-15-8-9-23(32-17(3)18-10-12-31-13-11-18)24-20(27(29)30)14-21(28-25(15)24)26-16(2)19-6-4-5-7-22(19)33-26/h4-9,14,17-18H,10-13H2,1-3H3,(H,29,30)/t17-/m1/s1. The summed E-state index contributed by atoms with van der Waals surface area (Å²) in [5, 5.41) is 11.6. The van der Waals surface area contributed by atoms with Gasteiger partial charge in [0.2, 0.25) is 0 Å². The summed E-state index contributed by atoms with van der Waals surface area (Å²) in [6.45, 7) is 7.41. The van der Waals surface area contributed by atoms with E-state index in [0.717, 1.165) is 48.2 Å². The Hall–Kier alpha value is -3.38. The molecule has 1 aliphatic heterocycles. The van der Waals surface area contributed by atoms with Crippen LogP contribution in [0, 0.1) is 19.8 Å². The second kappa shape index (κ2) is 8.52. The molecule has 4 aromatic rings. The number of furan rings is 1. The zero-order valence-electron chi connectivity index (χ0n) is 19.1. The minimum atomic E-state index is -1.02. The molecule has 2 aromatic heterocycles. The Kier molecular flexibility index (Phi) is 5.54. The minimum absolute atomic E-state index is 0.0567. The number of hydrogen-bond donors (Lipinski definition) is 1. The quantitative estimate of drug-likeness (QED) is 0.396. The van der Waals surface area contributed by atoms with E-state index in [2.05, 4.69) is 0 Å². The van der Waals surface area contributed by atoms with Crippen molar-refractivity contribution in [2.45, 2.75) is 39.7 Å². The summed E-state index contributed by atoms with van der Waals surface area (Å²) >= 11 is 0. The first kappa shape index (κ1) is 21.5. The van der Waals surface area contributed by atoms with Crippen molar-refractivity contribution in [2.24, 2.45) is 5.92 Å². The Morgan fingerprint density at radius 1 is 1.15 bits per heavy atom. The average Bonchev–Trinajstić information content (AvgIpc) is 3.17. The molecule has 170 valence electrons. The lowest BCUT2D eigenvalue weighted by atomic mass is 9.94. The van der Waals surface area contributed by atoms with Gasteiger partial charge in [0.1, 0.15) is 17.0 Å². The van der Waals surface area contributed by atoms with Crippen molar-refractivity contribution in [1.29, 1.82) is 0 Å².